The minimum atomic E-state index is -0.247. The lowest BCUT2D eigenvalue weighted by Gasteiger charge is -2.53. The number of H-pyrrole nitrogens is 1. The zero-order chi connectivity index (χ0) is 19.0. The quantitative estimate of drug-likeness (QED) is 0.773. The maximum Gasteiger partial charge on any atom is 0.254 e. The number of hydrogen-bond acceptors (Lipinski definition) is 5. The van der Waals surface area contributed by atoms with Crippen molar-refractivity contribution in [2.45, 2.75) is 51.4 Å². The van der Waals surface area contributed by atoms with Crippen molar-refractivity contribution in [1.82, 2.24) is 20.0 Å². The molecule has 2 aromatic heterocycles. The van der Waals surface area contributed by atoms with Gasteiger partial charge in [-0.2, -0.15) is 5.10 Å². The van der Waals surface area contributed by atoms with Crippen LogP contribution in [0.15, 0.2) is 23.7 Å². The summed E-state index contributed by atoms with van der Waals surface area (Å²) in [7, 11) is 1.66. The van der Waals surface area contributed by atoms with E-state index >= 15 is 0 Å². The fourth-order valence-corrected chi connectivity index (χ4v) is 5.33. The monoisotopic (exact) mass is 388 g/mol. The molecule has 4 rings (SSSR count). The molecule has 27 heavy (non-hydrogen) atoms. The molecule has 2 fully saturated rings. The summed E-state index contributed by atoms with van der Waals surface area (Å²) in [5.41, 5.74) is 2.40. The number of aromatic nitrogens is 2. The van der Waals surface area contributed by atoms with Crippen LogP contribution in [-0.4, -0.2) is 64.3 Å². The van der Waals surface area contributed by atoms with Crippen molar-refractivity contribution >= 4 is 17.2 Å². The summed E-state index contributed by atoms with van der Waals surface area (Å²) in [6, 6.07) is 4.68. The van der Waals surface area contributed by atoms with Gasteiger partial charge in [0.05, 0.1) is 22.8 Å². The molecule has 0 saturated carbocycles. The van der Waals surface area contributed by atoms with Gasteiger partial charge < -0.3 is 9.64 Å². The van der Waals surface area contributed by atoms with Gasteiger partial charge in [-0.15, -0.1) is 11.3 Å². The Hall–Kier alpha value is -1.70. The zero-order valence-corrected chi connectivity index (χ0v) is 17.0. The van der Waals surface area contributed by atoms with Crippen molar-refractivity contribution in [3.05, 3.63) is 29.3 Å². The van der Waals surface area contributed by atoms with Crippen LogP contribution < -0.4 is 0 Å². The minimum absolute atomic E-state index is 0.152. The fraction of sp³-hybridized carbons (Fsp3) is 0.600. The van der Waals surface area contributed by atoms with E-state index in [-0.39, 0.29) is 24.1 Å². The van der Waals surface area contributed by atoms with Gasteiger partial charge >= 0.3 is 0 Å². The van der Waals surface area contributed by atoms with Crippen molar-refractivity contribution in [1.29, 1.82) is 0 Å². The van der Waals surface area contributed by atoms with Gasteiger partial charge in [0.25, 0.3) is 5.91 Å². The van der Waals surface area contributed by atoms with Crippen molar-refractivity contribution < 1.29 is 9.53 Å². The van der Waals surface area contributed by atoms with E-state index < -0.39 is 0 Å². The molecule has 2 saturated heterocycles. The predicted octanol–water partition coefficient (Wildman–Crippen LogP) is 2.98. The standard InChI is InChI=1S/C20H28N4O2S/c1-13(2)24-18(19(26-3)20(24)25)14-6-8-23(9-7-14)12-15-11-21-22-17(15)16-5-4-10-27-16/h4-5,10-11,13-14,18-19H,6-9,12H2,1-3H3,(H,21,22)/t18-,19+/m0/s1. The van der Waals surface area contributed by atoms with Crippen molar-refractivity contribution in [3.8, 4) is 10.6 Å². The van der Waals surface area contributed by atoms with Crippen LogP contribution in [0.3, 0.4) is 0 Å². The predicted molar refractivity (Wildman–Crippen MR) is 106 cm³/mol. The average Bonchev–Trinajstić information content (AvgIpc) is 3.32. The first-order chi connectivity index (χ1) is 13.1. The molecule has 0 bridgehead atoms. The minimum Gasteiger partial charge on any atom is -0.369 e. The lowest BCUT2D eigenvalue weighted by atomic mass is 9.79. The number of nitrogens with zero attached hydrogens (tertiary/aromatic N) is 3. The van der Waals surface area contributed by atoms with E-state index in [1.54, 1.807) is 18.4 Å². The number of carbonyl (C=O) groups is 1. The highest BCUT2D eigenvalue weighted by Gasteiger charge is 2.52. The van der Waals surface area contributed by atoms with E-state index in [0.717, 1.165) is 38.2 Å². The third-order valence-electron chi connectivity index (χ3n) is 5.93. The van der Waals surface area contributed by atoms with Crippen LogP contribution >= 0.6 is 11.3 Å². The number of piperidine rings is 1. The van der Waals surface area contributed by atoms with Gasteiger partial charge in [0, 0.05) is 25.3 Å². The number of ether oxygens (including phenoxy) is 1. The lowest BCUT2D eigenvalue weighted by molar-refractivity contribution is -0.181. The number of hydrogen-bond donors (Lipinski definition) is 1. The van der Waals surface area contributed by atoms with Gasteiger partial charge in [-0.05, 0) is 57.1 Å². The number of rotatable bonds is 6. The number of nitrogens with one attached hydrogen (secondary N) is 1. The molecular formula is C20H28N4O2S. The first-order valence-corrected chi connectivity index (χ1v) is 10.6. The summed E-state index contributed by atoms with van der Waals surface area (Å²) in [5, 5.41) is 9.51. The topological polar surface area (TPSA) is 61.5 Å². The smallest absolute Gasteiger partial charge is 0.254 e. The Kier molecular flexibility index (Phi) is 5.34. The van der Waals surface area contributed by atoms with Crippen LogP contribution in [0.5, 0.6) is 0 Å². The lowest BCUT2D eigenvalue weighted by Crippen LogP contribution is -2.70. The summed E-state index contributed by atoms with van der Waals surface area (Å²) in [6.07, 6.45) is 3.91. The van der Waals surface area contributed by atoms with E-state index in [1.165, 1.54) is 10.4 Å². The highest BCUT2D eigenvalue weighted by atomic mass is 32.1. The van der Waals surface area contributed by atoms with Crippen LogP contribution in [0.4, 0.5) is 0 Å². The molecule has 7 heteroatoms. The van der Waals surface area contributed by atoms with E-state index in [0.29, 0.717) is 5.92 Å². The van der Waals surface area contributed by atoms with Crippen molar-refractivity contribution in [2.75, 3.05) is 20.2 Å². The zero-order valence-electron chi connectivity index (χ0n) is 16.2. The van der Waals surface area contributed by atoms with E-state index in [9.17, 15) is 4.79 Å². The number of carbonyl (C=O) groups excluding carboxylic acids is 1. The molecule has 0 spiro atoms. The second-order valence-corrected chi connectivity index (χ2v) is 8.79. The maximum absolute atomic E-state index is 12.3. The van der Waals surface area contributed by atoms with Crippen LogP contribution in [0, 0.1) is 5.92 Å². The SMILES string of the molecule is CO[C@H]1C(=O)N(C(C)C)[C@H]1C1CCN(Cc2cn[nH]c2-c2cccs2)CC1. The van der Waals surface area contributed by atoms with Crippen molar-refractivity contribution in [2.24, 2.45) is 5.92 Å². The van der Waals surface area contributed by atoms with Crippen molar-refractivity contribution in [3.63, 3.8) is 0 Å². The summed E-state index contributed by atoms with van der Waals surface area (Å²) >= 11 is 1.74. The molecule has 2 aliphatic heterocycles. The van der Waals surface area contributed by atoms with Gasteiger partial charge in [0.15, 0.2) is 6.10 Å². The van der Waals surface area contributed by atoms with E-state index in [2.05, 4.69) is 46.5 Å². The largest absolute Gasteiger partial charge is 0.369 e. The maximum atomic E-state index is 12.3. The number of likely N-dealkylation sites (tertiary alicyclic amines) is 2. The molecule has 2 atom stereocenters. The van der Waals surface area contributed by atoms with Gasteiger partial charge in [0.1, 0.15) is 0 Å². The molecule has 1 amide bonds. The Bertz CT molecular complexity index is 765. The Morgan fingerprint density at radius 3 is 2.78 bits per heavy atom. The molecular weight excluding hydrogens is 360 g/mol. The number of thiophene rings is 1. The van der Waals surface area contributed by atoms with Crippen LogP contribution in [0.1, 0.15) is 32.3 Å². The number of methoxy groups -OCH3 is 1. The second kappa shape index (κ2) is 7.73. The summed E-state index contributed by atoms with van der Waals surface area (Å²) in [6.45, 7) is 7.20. The Morgan fingerprint density at radius 2 is 2.15 bits per heavy atom. The Labute approximate surface area is 164 Å². The van der Waals surface area contributed by atoms with Crippen LogP contribution in [0.25, 0.3) is 10.6 Å². The molecule has 0 unspecified atom stereocenters. The highest BCUT2D eigenvalue weighted by molar-refractivity contribution is 7.13. The van der Waals surface area contributed by atoms with Gasteiger partial charge in [0.2, 0.25) is 0 Å². The number of amides is 1. The normalized spacial score (nSPS) is 24.6. The number of aromatic amines is 1. The third-order valence-corrected chi connectivity index (χ3v) is 6.82. The molecule has 0 radical (unpaired) electrons. The summed E-state index contributed by atoms with van der Waals surface area (Å²) in [5.74, 6) is 0.673. The summed E-state index contributed by atoms with van der Waals surface area (Å²) < 4.78 is 5.50. The van der Waals surface area contributed by atoms with Gasteiger partial charge in [-0.1, -0.05) is 6.07 Å². The first-order valence-electron chi connectivity index (χ1n) is 9.73. The highest BCUT2D eigenvalue weighted by Crippen LogP contribution is 2.36. The molecule has 0 aliphatic carbocycles. The number of β-lactam (4-membered cyclic amide) rings is 1. The Balaban J connectivity index is 1.37. The molecule has 4 heterocycles. The van der Waals surface area contributed by atoms with Gasteiger partial charge in [-0.25, -0.2) is 0 Å². The second-order valence-electron chi connectivity index (χ2n) is 7.85. The Morgan fingerprint density at radius 1 is 1.37 bits per heavy atom. The molecule has 2 aromatic rings. The van der Waals surface area contributed by atoms with Gasteiger partial charge in [-0.3, -0.25) is 14.8 Å². The first kappa shape index (κ1) is 18.7. The van der Waals surface area contributed by atoms with E-state index in [1.807, 2.05) is 11.1 Å². The molecule has 1 N–H and O–H groups in total. The fourth-order valence-electron chi connectivity index (χ4n) is 4.58. The van der Waals surface area contributed by atoms with Crippen LogP contribution in [0.2, 0.25) is 0 Å². The molecule has 0 aromatic carbocycles. The molecule has 6 nitrogen and oxygen atoms in total. The van der Waals surface area contributed by atoms with Crippen LogP contribution in [-0.2, 0) is 16.1 Å². The average molecular weight is 389 g/mol. The molecule has 2 aliphatic rings. The van der Waals surface area contributed by atoms with E-state index in [4.69, 9.17) is 4.74 Å². The summed E-state index contributed by atoms with van der Waals surface area (Å²) in [4.78, 5) is 18.1. The third kappa shape index (κ3) is 3.44. The molecule has 146 valence electrons.